The minimum atomic E-state index is -0.508. The van der Waals surface area contributed by atoms with E-state index in [0.29, 0.717) is 29.6 Å². The number of dihydropyridines is 1. The molecule has 0 fully saturated rings. The summed E-state index contributed by atoms with van der Waals surface area (Å²) in [6.45, 7) is 1.84. The van der Waals surface area contributed by atoms with Gasteiger partial charge in [0.05, 0.1) is 17.6 Å². The van der Waals surface area contributed by atoms with E-state index in [9.17, 15) is 14.4 Å². The van der Waals surface area contributed by atoms with Crippen LogP contribution in [0.3, 0.4) is 0 Å². The molecule has 0 bridgehead atoms. The molecule has 0 radical (unpaired) electrons. The molecule has 4 rings (SSSR count). The highest BCUT2D eigenvalue weighted by molar-refractivity contribution is 6.00. The zero-order valence-corrected chi connectivity index (χ0v) is 15.0. The number of nitrogens with zero attached hydrogens (tertiary/aromatic N) is 1. The lowest BCUT2D eigenvalue weighted by Gasteiger charge is -2.35. The van der Waals surface area contributed by atoms with Gasteiger partial charge in [0.1, 0.15) is 5.82 Å². The summed E-state index contributed by atoms with van der Waals surface area (Å²) in [5.74, 6) is -0.749. The SMILES string of the molecule is CC1=C(C#N)[C@H](c2cccc(F)c2)C2=C(C[C@@H](c3ccccc3)CC2=O)N1. The van der Waals surface area contributed by atoms with E-state index >= 15 is 0 Å². The number of ketones is 1. The minimum absolute atomic E-state index is 0.0205. The van der Waals surface area contributed by atoms with Crippen LogP contribution in [0.25, 0.3) is 0 Å². The van der Waals surface area contributed by atoms with Gasteiger partial charge in [0, 0.05) is 23.4 Å². The Hall–Kier alpha value is -3.19. The first-order valence-corrected chi connectivity index (χ1v) is 9.03. The molecular formula is C23H19FN2O. The van der Waals surface area contributed by atoms with Gasteiger partial charge in [-0.2, -0.15) is 5.26 Å². The van der Waals surface area contributed by atoms with Gasteiger partial charge in [-0.3, -0.25) is 4.79 Å². The summed E-state index contributed by atoms with van der Waals surface area (Å²) in [5.41, 5.74) is 4.44. The van der Waals surface area contributed by atoms with Crippen molar-refractivity contribution in [2.45, 2.75) is 31.6 Å². The van der Waals surface area contributed by atoms with Gasteiger partial charge in [-0.1, -0.05) is 42.5 Å². The van der Waals surface area contributed by atoms with E-state index in [1.807, 2.05) is 37.3 Å². The van der Waals surface area contributed by atoms with Crippen molar-refractivity contribution in [3.8, 4) is 6.07 Å². The van der Waals surface area contributed by atoms with Crippen molar-refractivity contribution >= 4 is 5.78 Å². The molecule has 3 nitrogen and oxygen atoms in total. The fourth-order valence-electron chi connectivity index (χ4n) is 4.17. The third kappa shape index (κ3) is 3.06. The molecule has 1 N–H and O–H groups in total. The van der Waals surface area contributed by atoms with E-state index in [1.54, 1.807) is 12.1 Å². The van der Waals surface area contributed by atoms with Crippen LogP contribution >= 0.6 is 0 Å². The fraction of sp³-hybridized carbons (Fsp3) is 0.217. The Morgan fingerprint density at radius 2 is 1.81 bits per heavy atom. The standard InChI is InChI=1S/C23H19FN2O/c1-14-19(13-25)22(16-8-5-9-18(24)10-16)23-20(26-14)11-17(12-21(23)27)15-6-3-2-4-7-15/h2-10,17,22,26H,11-12H2,1H3/t17-,22+/m1/s1. The maximum Gasteiger partial charge on any atom is 0.162 e. The first kappa shape index (κ1) is 17.2. The van der Waals surface area contributed by atoms with Crippen molar-refractivity contribution in [3.05, 3.63) is 94.1 Å². The minimum Gasteiger partial charge on any atom is -0.361 e. The molecule has 27 heavy (non-hydrogen) atoms. The van der Waals surface area contributed by atoms with E-state index in [-0.39, 0.29) is 17.5 Å². The summed E-state index contributed by atoms with van der Waals surface area (Å²) in [6, 6.07) is 18.4. The number of hydrogen-bond acceptors (Lipinski definition) is 3. The first-order valence-electron chi connectivity index (χ1n) is 9.03. The lowest BCUT2D eigenvalue weighted by Crippen LogP contribution is -2.33. The van der Waals surface area contributed by atoms with Gasteiger partial charge < -0.3 is 5.32 Å². The number of nitriles is 1. The summed E-state index contributed by atoms with van der Waals surface area (Å²) >= 11 is 0. The predicted octanol–water partition coefficient (Wildman–Crippen LogP) is 4.71. The van der Waals surface area contributed by atoms with Gasteiger partial charge in [-0.15, -0.1) is 0 Å². The van der Waals surface area contributed by atoms with Gasteiger partial charge >= 0.3 is 0 Å². The monoisotopic (exact) mass is 358 g/mol. The Morgan fingerprint density at radius 1 is 1.07 bits per heavy atom. The molecule has 0 aromatic heterocycles. The van der Waals surface area contributed by atoms with Gasteiger partial charge in [-0.25, -0.2) is 4.39 Å². The lowest BCUT2D eigenvalue weighted by molar-refractivity contribution is -0.116. The molecule has 2 atom stereocenters. The van der Waals surface area contributed by atoms with E-state index in [1.165, 1.54) is 12.1 Å². The number of benzene rings is 2. The molecule has 0 saturated carbocycles. The molecular weight excluding hydrogens is 339 g/mol. The number of carbonyl (C=O) groups excluding carboxylic acids is 1. The third-order valence-electron chi connectivity index (χ3n) is 5.40. The molecule has 4 heteroatoms. The number of nitrogens with one attached hydrogen (secondary N) is 1. The van der Waals surface area contributed by atoms with E-state index in [2.05, 4.69) is 11.4 Å². The number of Topliss-reactive ketones (excluding diaryl/α,β-unsaturated/α-hetero) is 1. The van der Waals surface area contributed by atoms with Crippen LogP contribution in [0.5, 0.6) is 0 Å². The van der Waals surface area contributed by atoms with Crippen LogP contribution in [0.4, 0.5) is 4.39 Å². The molecule has 0 unspecified atom stereocenters. The summed E-state index contributed by atoms with van der Waals surface area (Å²) in [4.78, 5) is 13.1. The summed E-state index contributed by atoms with van der Waals surface area (Å²) < 4.78 is 13.8. The predicted molar refractivity (Wildman–Crippen MR) is 101 cm³/mol. The molecule has 2 aromatic carbocycles. The smallest absolute Gasteiger partial charge is 0.162 e. The molecule has 0 spiro atoms. The van der Waals surface area contributed by atoms with Crippen LogP contribution < -0.4 is 5.32 Å². The maximum absolute atomic E-state index is 13.8. The molecule has 1 aliphatic heterocycles. The first-order chi connectivity index (χ1) is 13.1. The Labute approximate surface area is 157 Å². The van der Waals surface area contributed by atoms with Crippen molar-refractivity contribution in [2.24, 2.45) is 0 Å². The van der Waals surface area contributed by atoms with Crippen molar-refractivity contribution in [1.29, 1.82) is 5.26 Å². The quantitative estimate of drug-likeness (QED) is 0.846. The van der Waals surface area contributed by atoms with Gasteiger partial charge in [0.2, 0.25) is 0 Å². The molecule has 2 aliphatic rings. The van der Waals surface area contributed by atoms with E-state index in [4.69, 9.17) is 0 Å². The highest BCUT2D eigenvalue weighted by Crippen LogP contribution is 2.45. The third-order valence-corrected chi connectivity index (χ3v) is 5.40. The van der Waals surface area contributed by atoms with Crippen LogP contribution in [-0.4, -0.2) is 5.78 Å². The fourth-order valence-corrected chi connectivity index (χ4v) is 4.17. The summed E-state index contributed by atoms with van der Waals surface area (Å²) in [6.07, 6.45) is 1.10. The Balaban J connectivity index is 1.80. The second-order valence-electron chi connectivity index (χ2n) is 7.09. The highest BCUT2D eigenvalue weighted by atomic mass is 19.1. The average Bonchev–Trinajstić information content (AvgIpc) is 2.67. The largest absolute Gasteiger partial charge is 0.361 e. The van der Waals surface area contributed by atoms with E-state index in [0.717, 1.165) is 17.0 Å². The molecule has 0 saturated heterocycles. The van der Waals surface area contributed by atoms with Crippen molar-refractivity contribution in [1.82, 2.24) is 5.32 Å². The summed E-state index contributed by atoms with van der Waals surface area (Å²) in [7, 11) is 0. The maximum atomic E-state index is 13.8. The second-order valence-corrected chi connectivity index (χ2v) is 7.09. The van der Waals surface area contributed by atoms with Crippen molar-refractivity contribution < 1.29 is 9.18 Å². The molecule has 1 heterocycles. The molecule has 0 amide bonds. The number of allylic oxidation sites excluding steroid dienone is 4. The van der Waals surface area contributed by atoms with Crippen LogP contribution in [0.15, 0.2) is 77.1 Å². The number of rotatable bonds is 2. The number of hydrogen-bond donors (Lipinski definition) is 1. The zero-order valence-electron chi connectivity index (χ0n) is 15.0. The Bertz CT molecular complexity index is 1010. The molecule has 2 aromatic rings. The van der Waals surface area contributed by atoms with Crippen LogP contribution in [0, 0.1) is 17.1 Å². The second kappa shape index (κ2) is 6.85. The zero-order chi connectivity index (χ0) is 19.0. The topological polar surface area (TPSA) is 52.9 Å². The molecule has 134 valence electrons. The van der Waals surface area contributed by atoms with Crippen molar-refractivity contribution in [3.63, 3.8) is 0 Å². The number of carbonyl (C=O) groups is 1. The Morgan fingerprint density at radius 3 is 2.52 bits per heavy atom. The van der Waals surface area contributed by atoms with Gasteiger partial charge in [0.25, 0.3) is 0 Å². The van der Waals surface area contributed by atoms with Gasteiger partial charge in [-0.05, 0) is 42.5 Å². The summed E-state index contributed by atoms with van der Waals surface area (Å²) in [5, 5.41) is 13.0. The lowest BCUT2D eigenvalue weighted by atomic mass is 9.72. The number of halogens is 1. The average molecular weight is 358 g/mol. The molecule has 1 aliphatic carbocycles. The van der Waals surface area contributed by atoms with Gasteiger partial charge in [0.15, 0.2) is 5.78 Å². The normalized spacial score (nSPS) is 22.2. The van der Waals surface area contributed by atoms with Crippen LogP contribution in [0.1, 0.15) is 42.7 Å². The Kier molecular flexibility index (Phi) is 4.37. The highest BCUT2D eigenvalue weighted by Gasteiger charge is 2.38. The van der Waals surface area contributed by atoms with E-state index < -0.39 is 5.92 Å². The van der Waals surface area contributed by atoms with Crippen LogP contribution in [-0.2, 0) is 4.79 Å². The van der Waals surface area contributed by atoms with Crippen LogP contribution in [0.2, 0.25) is 0 Å². The van der Waals surface area contributed by atoms with Crippen molar-refractivity contribution in [2.75, 3.05) is 0 Å².